The smallest absolute Gasteiger partial charge is 0.105 e. The van der Waals surface area contributed by atoms with Crippen molar-refractivity contribution in [1.82, 2.24) is 19.9 Å². The molecule has 0 saturated heterocycles. The summed E-state index contributed by atoms with van der Waals surface area (Å²) in [5.41, 5.74) is 9.84. The van der Waals surface area contributed by atoms with Crippen LogP contribution in [0, 0.1) is 35.7 Å². The molecule has 277 valence electrons. The number of hydrogen-bond acceptors (Lipinski definition) is 6. The van der Waals surface area contributed by atoms with Crippen molar-refractivity contribution < 1.29 is 30.3 Å². The summed E-state index contributed by atoms with van der Waals surface area (Å²) >= 11 is 0. The van der Waals surface area contributed by atoms with Gasteiger partial charge in [0.1, 0.15) is 6.33 Å². The average Bonchev–Trinajstić information content (AvgIpc) is 3.51. The molecule has 7 aromatic rings. The molecule has 9 rings (SSSR count). The number of benzene rings is 4. The van der Waals surface area contributed by atoms with E-state index in [0.717, 1.165) is 51.6 Å². The predicted octanol–water partition coefficient (Wildman–Crippen LogP) is 10.2. The van der Waals surface area contributed by atoms with Crippen molar-refractivity contribution in [3.8, 4) is 33.5 Å². The van der Waals surface area contributed by atoms with E-state index in [1.54, 1.807) is 6.33 Å². The van der Waals surface area contributed by atoms with E-state index < -0.39 is 0 Å². The molecule has 2 aliphatic rings. The van der Waals surface area contributed by atoms with Gasteiger partial charge in [-0.15, -0.1) is 35.9 Å². The van der Waals surface area contributed by atoms with Gasteiger partial charge in [0.15, 0.2) is 0 Å². The van der Waals surface area contributed by atoms with Crippen molar-refractivity contribution in [1.29, 1.82) is 0 Å². The molecule has 7 heteroatoms. The fourth-order valence-electron chi connectivity index (χ4n) is 8.92. The Morgan fingerprint density at radius 2 is 1.28 bits per heavy atom. The molecule has 3 heterocycles. The minimum absolute atomic E-state index is 0. The van der Waals surface area contributed by atoms with Gasteiger partial charge in [0.05, 0.1) is 23.2 Å². The summed E-state index contributed by atoms with van der Waals surface area (Å²) in [6.45, 7) is 10.5. The molecule has 0 aliphatic heterocycles. The molecule has 2 saturated carbocycles. The Labute approximate surface area is 332 Å². The summed E-state index contributed by atoms with van der Waals surface area (Å²) in [5, 5.41) is 22.2. The monoisotopic (exact) mass is 892 g/mol. The van der Waals surface area contributed by atoms with Crippen LogP contribution >= 0.6 is 0 Å². The molecule has 3 aromatic heterocycles. The normalized spacial score (nSPS) is 21.3. The van der Waals surface area contributed by atoms with Crippen molar-refractivity contribution in [3.05, 3.63) is 146 Å². The van der Waals surface area contributed by atoms with Crippen molar-refractivity contribution in [3.63, 3.8) is 0 Å². The van der Waals surface area contributed by atoms with Crippen LogP contribution in [0.3, 0.4) is 0 Å². The predicted molar refractivity (Wildman–Crippen MR) is 215 cm³/mol. The maximum Gasteiger partial charge on any atom is 0.105 e. The molecule has 6 nitrogen and oxygen atoms in total. The van der Waals surface area contributed by atoms with E-state index in [-0.39, 0.29) is 49.1 Å². The van der Waals surface area contributed by atoms with Gasteiger partial charge in [-0.3, -0.25) is 15.0 Å². The summed E-state index contributed by atoms with van der Waals surface area (Å²) in [5.74, 6) is 0.448. The molecule has 2 aliphatic carbocycles. The third-order valence-corrected chi connectivity index (χ3v) is 12.0. The van der Waals surface area contributed by atoms with Crippen LogP contribution in [0.2, 0.25) is 0 Å². The molecule has 5 atom stereocenters. The van der Waals surface area contributed by atoms with E-state index in [4.69, 9.17) is 0 Å². The van der Waals surface area contributed by atoms with Gasteiger partial charge >= 0.3 is 0 Å². The van der Waals surface area contributed by atoms with Crippen LogP contribution in [0.1, 0.15) is 46.2 Å². The quantitative estimate of drug-likeness (QED) is 0.135. The van der Waals surface area contributed by atoms with Gasteiger partial charge in [-0.1, -0.05) is 99.6 Å². The molecule has 2 N–H and O–H groups in total. The topological polar surface area (TPSA) is 92.0 Å². The third-order valence-electron chi connectivity index (χ3n) is 12.0. The molecule has 54 heavy (non-hydrogen) atoms. The van der Waals surface area contributed by atoms with Gasteiger partial charge in [0.25, 0.3) is 0 Å². The van der Waals surface area contributed by atoms with E-state index in [9.17, 15) is 10.2 Å². The molecule has 0 spiro atoms. The first-order chi connectivity index (χ1) is 25.6. The molecule has 1 radical (unpaired) electrons. The number of pyridine rings is 2. The zero-order valence-corrected chi connectivity index (χ0v) is 33.8. The molecule has 5 unspecified atom stereocenters. The maximum atomic E-state index is 10.2. The fourth-order valence-corrected chi connectivity index (χ4v) is 8.92. The van der Waals surface area contributed by atoms with Gasteiger partial charge in [-0.2, -0.15) is 0 Å². The minimum atomic E-state index is -0.389. The molecule has 4 aromatic carbocycles. The van der Waals surface area contributed by atoms with Crippen molar-refractivity contribution in [2.45, 2.75) is 59.7 Å². The molecular weight excluding hydrogens is 845 g/mol. The number of aryl methyl sites for hydroxylation is 1. The summed E-state index contributed by atoms with van der Waals surface area (Å²) in [7, 11) is 0. The Bertz CT molecular complexity index is 2220. The largest absolute Gasteiger partial charge is 0.393 e. The third kappa shape index (κ3) is 7.39. The van der Waals surface area contributed by atoms with Crippen LogP contribution in [0.25, 0.3) is 55.3 Å². The average molecular weight is 892 g/mol. The molecule has 2 bridgehead atoms. The van der Waals surface area contributed by atoms with E-state index in [2.05, 4.69) is 120 Å². The Balaban J connectivity index is 0.000000151. The van der Waals surface area contributed by atoms with Crippen LogP contribution in [-0.4, -0.2) is 42.4 Å². The minimum Gasteiger partial charge on any atom is -0.393 e. The van der Waals surface area contributed by atoms with E-state index in [0.29, 0.717) is 5.92 Å². The Hall–Kier alpha value is -4.65. The summed E-state index contributed by atoms with van der Waals surface area (Å²) in [6, 6.07) is 42.2. The zero-order valence-electron chi connectivity index (χ0n) is 31.4. The summed E-state index contributed by atoms with van der Waals surface area (Å²) in [6.07, 6.45) is 6.90. The molecule has 2 fully saturated rings. The van der Waals surface area contributed by atoms with Crippen molar-refractivity contribution >= 4 is 21.8 Å². The number of aliphatic hydroxyl groups is 2. The Kier molecular flexibility index (Phi) is 11.8. The number of aromatic nitrogens is 4. The second kappa shape index (κ2) is 16.4. The number of aliphatic hydroxyl groups excluding tert-OH is 2. The van der Waals surface area contributed by atoms with Crippen LogP contribution in [0.5, 0.6) is 0 Å². The zero-order chi connectivity index (χ0) is 37.2. The van der Waals surface area contributed by atoms with E-state index in [1.165, 1.54) is 22.3 Å². The molecular formula is C47H47IrN4O2-. The van der Waals surface area contributed by atoms with Gasteiger partial charge in [-0.25, -0.2) is 4.98 Å². The van der Waals surface area contributed by atoms with Crippen LogP contribution in [0.4, 0.5) is 0 Å². The summed E-state index contributed by atoms with van der Waals surface area (Å²) in [4.78, 5) is 17.5. The van der Waals surface area contributed by atoms with Crippen LogP contribution in [-0.2, 0) is 20.1 Å². The van der Waals surface area contributed by atoms with Crippen molar-refractivity contribution in [2.24, 2.45) is 22.7 Å². The Morgan fingerprint density at radius 3 is 1.72 bits per heavy atom. The SMILES string of the molecule is CC(O)C1C(O)C2CCC1(C)C2(C)C.Cc1cc(-c2[c-]cccc2)ncn1.[Ir].c1ccc(-c2ccnc3c2ccc2c(-c4ccccc4)ccnc23)cc1. The van der Waals surface area contributed by atoms with Crippen molar-refractivity contribution in [2.75, 3.05) is 0 Å². The van der Waals surface area contributed by atoms with E-state index >= 15 is 0 Å². The first-order valence-electron chi connectivity index (χ1n) is 18.5. The number of nitrogens with zero attached hydrogens (tertiary/aromatic N) is 4. The fraction of sp³-hybridized carbons (Fsp3) is 0.277. The number of fused-ring (bicyclic) bond motifs is 5. The second-order valence-corrected chi connectivity index (χ2v) is 15.2. The first-order valence-corrected chi connectivity index (χ1v) is 18.5. The Morgan fingerprint density at radius 1 is 0.722 bits per heavy atom. The number of hydrogen-bond donors (Lipinski definition) is 2. The second-order valence-electron chi connectivity index (χ2n) is 15.2. The van der Waals surface area contributed by atoms with E-state index in [1.807, 2.05) is 68.7 Å². The summed E-state index contributed by atoms with van der Waals surface area (Å²) < 4.78 is 0. The van der Waals surface area contributed by atoms with Crippen LogP contribution in [0.15, 0.2) is 134 Å². The van der Waals surface area contributed by atoms with Gasteiger partial charge in [-0.05, 0) is 83.5 Å². The maximum absolute atomic E-state index is 10.2. The van der Waals surface area contributed by atoms with Gasteiger partial charge in [0, 0.05) is 54.9 Å². The first kappa shape index (κ1) is 39.1. The van der Waals surface area contributed by atoms with Gasteiger partial charge in [0.2, 0.25) is 0 Å². The van der Waals surface area contributed by atoms with Gasteiger partial charge < -0.3 is 10.2 Å². The number of rotatable bonds is 4. The standard InChI is InChI=1S/C24H16N2.C12H22O2.C11H9N2.Ir/c1-3-7-17(8-4-1)19-13-15-25-23-21(19)11-12-22-20(14-16-26-24(22)23)18-9-5-2-6-10-18;1-7(13)9-10(14)8-5-6-12(9,4)11(8,2)3;1-9-7-11(13-8-12-9)10-5-3-2-4-6-10;/h1-16H;7-10,13-14H,5-6H2,1-4H3;2-5,7-8H,1H3;/q;;-1;. The molecule has 0 amide bonds. The van der Waals surface area contributed by atoms with Crippen LogP contribution < -0.4 is 0 Å².